The lowest BCUT2D eigenvalue weighted by molar-refractivity contribution is -0.120. The molecule has 0 heterocycles. The number of rotatable bonds is 6. The van der Waals surface area contributed by atoms with Gasteiger partial charge in [-0.25, -0.2) is 0 Å². The number of ether oxygens (including phenoxy) is 1. The molecule has 0 unspecified atom stereocenters. The third-order valence-corrected chi connectivity index (χ3v) is 3.82. The van der Waals surface area contributed by atoms with Gasteiger partial charge in [0.25, 0.3) is 11.8 Å². The zero-order chi connectivity index (χ0) is 19.1. The maximum atomic E-state index is 12.4. The summed E-state index contributed by atoms with van der Waals surface area (Å²) in [6, 6.07) is 13.4. The van der Waals surface area contributed by atoms with Crippen molar-refractivity contribution in [3.63, 3.8) is 0 Å². The van der Waals surface area contributed by atoms with Crippen LogP contribution in [-0.2, 0) is 9.59 Å². The molecule has 0 saturated carbocycles. The van der Waals surface area contributed by atoms with E-state index in [4.69, 9.17) is 22.1 Å². The summed E-state index contributed by atoms with van der Waals surface area (Å²) < 4.78 is 6.03. The van der Waals surface area contributed by atoms with Crippen molar-refractivity contribution < 1.29 is 14.3 Å². The molecular formula is C18H13BrClN3O3. The first-order chi connectivity index (χ1) is 12.4. The van der Waals surface area contributed by atoms with Crippen LogP contribution in [0.1, 0.15) is 5.56 Å². The molecule has 0 aliphatic carbocycles. The number of nitrogens with two attached hydrogens (primary N) is 1. The molecule has 0 bridgehead atoms. The molecule has 8 heteroatoms. The van der Waals surface area contributed by atoms with Crippen molar-refractivity contribution in [3.05, 3.63) is 63.1 Å². The van der Waals surface area contributed by atoms with Crippen LogP contribution < -0.4 is 15.8 Å². The number of hydrogen-bond acceptors (Lipinski definition) is 4. The van der Waals surface area contributed by atoms with Crippen molar-refractivity contribution >= 4 is 51.1 Å². The Balaban J connectivity index is 2.30. The lowest BCUT2D eigenvalue weighted by Crippen LogP contribution is -2.20. The second-order valence-corrected chi connectivity index (χ2v) is 6.42. The molecule has 3 N–H and O–H groups in total. The minimum absolute atomic E-state index is 0.146. The van der Waals surface area contributed by atoms with Gasteiger partial charge in [-0.05, 0) is 42.5 Å². The van der Waals surface area contributed by atoms with Crippen LogP contribution in [-0.4, -0.2) is 18.4 Å². The van der Waals surface area contributed by atoms with Gasteiger partial charge in [0.1, 0.15) is 17.4 Å². The molecule has 26 heavy (non-hydrogen) atoms. The van der Waals surface area contributed by atoms with E-state index in [0.29, 0.717) is 26.5 Å². The van der Waals surface area contributed by atoms with Crippen LogP contribution in [0.2, 0.25) is 5.02 Å². The van der Waals surface area contributed by atoms with Crippen LogP contribution in [0.5, 0.6) is 5.75 Å². The first-order valence-corrected chi connectivity index (χ1v) is 8.45. The molecule has 2 rings (SSSR count). The molecule has 2 amide bonds. The highest BCUT2D eigenvalue weighted by molar-refractivity contribution is 9.10. The van der Waals surface area contributed by atoms with E-state index >= 15 is 0 Å². The number of carbonyl (C=O) groups excluding carboxylic acids is 2. The van der Waals surface area contributed by atoms with E-state index in [-0.39, 0.29) is 12.2 Å². The second kappa shape index (κ2) is 9.04. The molecule has 0 aliphatic heterocycles. The summed E-state index contributed by atoms with van der Waals surface area (Å²) in [6.07, 6.45) is 1.36. The monoisotopic (exact) mass is 433 g/mol. The lowest BCUT2D eigenvalue weighted by atomic mass is 10.1. The third kappa shape index (κ3) is 5.62. The molecule has 132 valence electrons. The summed E-state index contributed by atoms with van der Waals surface area (Å²) in [5, 5.41) is 12.4. The molecule has 0 spiro atoms. The molecule has 0 atom stereocenters. The average Bonchev–Trinajstić information content (AvgIpc) is 2.58. The maximum Gasteiger partial charge on any atom is 0.266 e. The highest BCUT2D eigenvalue weighted by Crippen LogP contribution is 2.26. The van der Waals surface area contributed by atoms with Gasteiger partial charge in [-0.1, -0.05) is 33.6 Å². The number of nitrogens with zero attached hydrogens (tertiary/aromatic N) is 1. The predicted molar refractivity (Wildman–Crippen MR) is 103 cm³/mol. The first kappa shape index (κ1) is 19.5. The minimum Gasteiger partial charge on any atom is -0.483 e. The summed E-state index contributed by atoms with van der Waals surface area (Å²) in [7, 11) is 0. The third-order valence-electron chi connectivity index (χ3n) is 3.09. The number of nitrogens with one attached hydrogen (secondary N) is 1. The van der Waals surface area contributed by atoms with Gasteiger partial charge < -0.3 is 15.8 Å². The molecule has 2 aromatic carbocycles. The van der Waals surface area contributed by atoms with E-state index in [1.807, 2.05) is 6.07 Å². The van der Waals surface area contributed by atoms with Crippen LogP contribution >= 0.6 is 27.5 Å². The fourth-order valence-corrected chi connectivity index (χ4v) is 2.55. The van der Waals surface area contributed by atoms with E-state index in [2.05, 4.69) is 21.2 Å². The van der Waals surface area contributed by atoms with E-state index in [0.717, 1.165) is 0 Å². The topological polar surface area (TPSA) is 105 Å². The number of halogens is 2. The van der Waals surface area contributed by atoms with Gasteiger partial charge in [0.05, 0.1) is 0 Å². The Labute approximate surface area is 163 Å². The summed E-state index contributed by atoms with van der Waals surface area (Å²) in [5.74, 6) is -0.923. The fraction of sp³-hybridized carbons (Fsp3) is 0.0556. The number of amides is 2. The van der Waals surface area contributed by atoms with Gasteiger partial charge in [0.15, 0.2) is 6.61 Å². The van der Waals surface area contributed by atoms with Crippen molar-refractivity contribution in [1.29, 1.82) is 5.26 Å². The van der Waals surface area contributed by atoms with Gasteiger partial charge in [-0.3, -0.25) is 9.59 Å². The Bertz CT molecular complexity index is 922. The van der Waals surface area contributed by atoms with Crippen molar-refractivity contribution in [3.8, 4) is 11.8 Å². The standard InChI is InChI=1S/C18H13BrClN3O3/c19-13-4-5-16(26-10-17(22)24)11(7-13)6-12(9-21)18(25)23-15-3-1-2-14(20)8-15/h1-8H,10H2,(H2,22,24)(H,23,25)/b12-6+. The first-order valence-electron chi connectivity index (χ1n) is 7.28. The van der Waals surface area contributed by atoms with Crippen LogP contribution in [0.3, 0.4) is 0 Å². The van der Waals surface area contributed by atoms with Crippen molar-refractivity contribution in [2.75, 3.05) is 11.9 Å². The zero-order valence-corrected chi connectivity index (χ0v) is 15.7. The molecule has 0 radical (unpaired) electrons. The molecule has 0 aromatic heterocycles. The molecule has 0 fully saturated rings. The van der Waals surface area contributed by atoms with Gasteiger partial charge in [0, 0.05) is 20.7 Å². The maximum absolute atomic E-state index is 12.4. The van der Waals surface area contributed by atoms with Crippen LogP contribution in [0.25, 0.3) is 6.08 Å². The Morgan fingerprint density at radius 3 is 2.73 bits per heavy atom. The fourth-order valence-electron chi connectivity index (χ4n) is 1.98. The van der Waals surface area contributed by atoms with Crippen LogP contribution in [0.15, 0.2) is 52.5 Å². The van der Waals surface area contributed by atoms with Crippen molar-refractivity contribution in [2.24, 2.45) is 5.73 Å². The van der Waals surface area contributed by atoms with Gasteiger partial charge in [-0.2, -0.15) is 5.26 Å². The number of carbonyl (C=O) groups is 2. The lowest BCUT2D eigenvalue weighted by Gasteiger charge is -2.09. The molecule has 0 saturated heterocycles. The van der Waals surface area contributed by atoms with E-state index in [9.17, 15) is 14.9 Å². The highest BCUT2D eigenvalue weighted by Gasteiger charge is 2.12. The number of hydrogen-bond donors (Lipinski definition) is 2. The van der Waals surface area contributed by atoms with Crippen LogP contribution in [0, 0.1) is 11.3 Å². The Morgan fingerprint density at radius 2 is 2.08 bits per heavy atom. The highest BCUT2D eigenvalue weighted by atomic mass is 79.9. The smallest absolute Gasteiger partial charge is 0.266 e. The Hall–Kier alpha value is -2.82. The Kier molecular flexibility index (Phi) is 6.78. The predicted octanol–water partition coefficient (Wildman–Crippen LogP) is 3.51. The van der Waals surface area contributed by atoms with E-state index < -0.39 is 11.8 Å². The molecule has 6 nitrogen and oxygen atoms in total. The number of primary amides is 1. The summed E-state index contributed by atoms with van der Waals surface area (Å²) in [4.78, 5) is 23.3. The van der Waals surface area contributed by atoms with Gasteiger partial charge in [-0.15, -0.1) is 0 Å². The number of benzene rings is 2. The average molecular weight is 435 g/mol. The summed E-state index contributed by atoms with van der Waals surface area (Å²) in [6.45, 7) is -0.320. The zero-order valence-electron chi connectivity index (χ0n) is 13.3. The van der Waals surface area contributed by atoms with E-state index in [1.54, 1.807) is 42.5 Å². The largest absolute Gasteiger partial charge is 0.483 e. The SMILES string of the molecule is N#C/C(=C\c1cc(Br)ccc1OCC(N)=O)C(=O)Nc1cccc(Cl)c1. The number of nitriles is 1. The summed E-state index contributed by atoms with van der Waals surface area (Å²) >= 11 is 9.19. The Morgan fingerprint density at radius 1 is 1.31 bits per heavy atom. The van der Waals surface area contributed by atoms with E-state index in [1.165, 1.54) is 6.08 Å². The molecule has 2 aromatic rings. The molecule has 0 aliphatic rings. The van der Waals surface area contributed by atoms with Gasteiger partial charge in [0.2, 0.25) is 0 Å². The van der Waals surface area contributed by atoms with Crippen LogP contribution in [0.4, 0.5) is 5.69 Å². The number of anilines is 1. The van der Waals surface area contributed by atoms with Crippen molar-refractivity contribution in [1.82, 2.24) is 0 Å². The minimum atomic E-state index is -0.637. The van der Waals surface area contributed by atoms with Gasteiger partial charge >= 0.3 is 0 Å². The summed E-state index contributed by atoms with van der Waals surface area (Å²) in [5.41, 5.74) is 5.84. The normalized spacial score (nSPS) is 10.7. The van der Waals surface area contributed by atoms with Crippen molar-refractivity contribution in [2.45, 2.75) is 0 Å². The second-order valence-electron chi connectivity index (χ2n) is 5.07. The molecular weight excluding hydrogens is 422 g/mol. The quantitative estimate of drug-likeness (QED) is 0.536.